The van der Waals surface area contributed by atoms with Crippen molar-refractivity contribution in [2.45, 2.75) is 63.5 Å². The number of hydrogen-bond acceptors (Lipinski definition) is 3. The van der Waals surface area contributed by atoms with Crippen molar-refractivity contribution >= 4 is 5.91 Å². The van der Waals surface area contributed by atoms with E-state index in [1.165, 1.54) is 25.7 Å². The molecule has 3 aliphatic heterocycles. The van der Waals surface area contributed by atoms with Crippen molar-refractivity contribution in [2.24, 2.45) is 11.8 Å². The molecule has 2 atom stereocenters. The van der Waals surface area contributed by atoms with Gasteiger partial charge in [-0.25, -0.2) is 0 Å². The molecule has 4 nitrogen and oxygen atoms in total. The van der Waals surface area contributed by atoms with Gasteiger partial charge in [-0.15, -0.1) is 0 Å². The smallest absolute Gasteiger partial charge is 0.220 e. The molecule has 3 fully saturated rings. The van der Waals surface area contributed by atoms with Crippen molar-refractivity contribution in [3.8, 4) is 0 Å². The van der Waals surface area contributed by atoms with Gasteiger partial charge in [-0.2, -0.15) is 0 Å². The Kier molecular flexibility index (Phi) is 4.94. The van der Waals surface area contributed by atoms with Crippen LogP contribution in [0, 0.1) is 11.8 Å². The summed E-state index contributed by atoms with van der Waals surface area (Å²) < 4.78 is 5.36. The molecule has 0 spiro atoms. The molecule has 20 heavy (non-hydrogen) atoms. The molecule has 114 valence electrons. The summed E-state index contributed by atoms with van der Waals surface area (Å²) in [7, 11) is 0. The highest BCUT2D eigenvalue weighted by Gasteiger charge is 2.34. The van der Waals surface area contributed by atoms with Crippen molar-refractivity contribution in [2.75, 3.05) is 19.8 Å². The third-order valence-corrected chi connectivity index (χ3v) is 5.26. The fourth-order valence-electron chi connectivity index (χ4n) is 4.13. The maximum atomic E-state index is 12.0. The van der Waals surface area contributed by atoms with E-state index in [1.54, 1.807) is 0 Å². The average Bonchev–Trinajstić information content (AvgIpc) is 2.79. The molecule has 0 radical (unpaired) electrons. The van der Waals surface area contributed by atoms with Gasteiger partial charge in [0, 0.05) is 38.3 Å². The number of carbonyl (C=O) groups is 1. The molecular weight excluding hydrogens is 252 g/mol. The van der Waals surface area contributed by atoms with E-state index in [9.17, 15) is 4.79 Å². The Labute approximate surface area is 122 Å². The van der Waals surface area contributed by atoms with Gasteiger partial charge in [-0.1, -0.05) is 0 Å². The highest BCUT2D eigenvalue weighted by molar-refractivity contribution is 5.76. The molecule has 0 saturated carbocycles. The summed E-state index contributed by atoms with van der Waals surface area (Å²) in [5.74, 6) is 1.62. The number of piperidine rings is 1. The highest BCUT2D eigenvalue weighted by atomic mass is 16.5. The molecule has 0 aromatic carbocycles. The van der Waals surface area contributed by atoms with Crippen molar-refractivity contribution in [3.63, 3.8) is 0 Å². The predicted molar refractivity (Wildman–Crippen MR) is 78.5 cm³/mol. The quantitative estimate of drug-likeness (QED) is 0.808. The summed E-state index contributed by atoms with van der Waals surface area (Å²) in [6.45, 7) is 2.65. The molecule has 3 heterocycles. The van der Waals surface area contributed by atoms with E-state index in [4.69, 9.17) is 4.74 Å². The van der Waals surface area contributed by atoms with E-state index in [-0.39, 0.29) is 5.91 Å². The summed E-state index contributed by atoms with van der Waals surface area (Å²) >= 11 is 0. The van der Waals surface area contributed by atoms with Crippen LogP contribution in [0.1, 0.15) is 51.4 Å². The average molecular weight is 280 g/mol. The number of hydrogen-bond donors (Lipinski definition) is 2. The van der Waals surface area contributed by atoms with Crippen molar-refractivity contribution in [1.29, 1.82) is 0 Å². The number of fused-ring (bicyclic) bond motifs is 2. The molecule has 3 rings (SSSR count). The first kappa shape index (κ1) is 14.3. The lowest BCUT2D eigenvalue weighted by Crippen LogP contribution is -2.39. The third kappa shape index (κ3) is 3.95. The second-order valence-electron chi connectivity index (χ2n) is 6.87. The molecule has 2 N–H and O–H groups in total. The molecule has 4 heteroatoms. The molecule has 0 aromatic rings. The van der Waals surface area contributed by atoms with Gasteiger partial charge in [0.2, 0.25) is 5.91 Å². The lowest BCUT2D eigenvalue weighted by molar-refractivity contribution is -0.122. The Bertz CT molecular complexity index is 316. The Morgan fingerprint density at radius 3 is 2.45 bits per heavy atom. The van der Waals surface area contributed by atoms with Crippen LogP contribution < -0.4 is 10.6 Å². The number of nitrogens with one attached hydrogen (secondary N) is 2. The molecule has 2 unspecified atom stereocenters. The van der Waals surface area contributed by atoms with E-state index in [1.807, 2.05) is 0 Å². The van der Waals surface area contributed by atoms with Crippen LogP contribution in [0.2, 0.25) is 0 Å². The fourth-order valence-corrected chi connectivity index (χ4v) is 4.13. The highest BCUT2D eigenvalue weighted by Crippen LogP contribution is 2.32. The molecule has 2 bridgehead atoms. The van der Waals surface area contributed by atoms with Gasteiger partial charge in [-0.05, 0) is 56.8 Å². The minimum absolute atomic E-state index is 0.267. The maximum Gasteiger partial charge on any atom is 0.220 e. The number of ether oxygens (including phenoxy) is 1. The lowest BCUT2D eigenvalue weighted by Gasteiger charge is -2.28. The summed E-state index contributed by atoms with van der Waals surface area (Å²) in [5.41, 5.74) is 0. The van der Waals surface area contributed by atoms with Crippen LogP contribution in [0.4, 0.5) is 0 Å². The Morgan fingerprint density at radius 1 is 1.05 bits per heavy atom. The van der Waals surface area contributed by atoms with E-state index < -0.39 is 0 Å². The largest absolute Gasteiger partial charge is 0.381 e. The molecule has 3 saturated heterocycles. The minimum atomic E-state index is 0.267. The van der Waals surface area contributed by atoms with Gasteiger partial charge < -0.3 is 15.4 Å². The standard InChI is InChI=1S/C16H28N2O2/c19-16(17-6-3-12-4-7-20-8-5-12)11-13-9-14-1-2-15(10-13)18-14/h12-15,18H,1-11H2,(H,17,19). The van der Waals surface area contributed by atoms with Gasteiger partial charge in [0.25, 0.3) is 0 Å². The van der Waals surface area contributed by atoms with Crippen LogP contribution in [-0.2, 0) is 9.53 Å². The van der Waals surface area contributed by atoms with Crippen LogP contribution >= 0.6 is 0 Å². The van der Waals surface area contributed by atoms with Gasteiger partial charge >= 0.3 is 0 Å². The molecule has 3 aliphatic rings. The molecule has 1 amide bonds. The molecule has 0 aliphatic carbocycles. The minimum Gasteiger partial charge on any atom is -0.381 e. The number of carbonyl (C=O) groups excluding carboxylic acids is 1. The summed E-state index contributed by atoms with van der Waals surface area (Å²) in [5, 5.41) is 6.76. The third-order valence-electron chi connectivity index (χ3n) is 5.26. The zero-order valence-electron chi connectivity index (χ0n) is 12.4. The van der Waals surface area contributed by atoms with Crippen LogP contribution in [0.3, 0.4) is 0 Å². The zero-order chi connectivity index (χ0) is 13.8. The van der Waals surface area contributed by atoms with Crippen LogP contribution in [-0.4, -0.2) is 37.7 Å². The lowest BCUT2D eigenvalue weighted by atomic mass is 9.89. The fraction of sp³-hybridized carbons (Fsp3) is 0.938. The second-order valence-corrected chi connectivity index (χ2v) is 6.87. The predicted octanol–water partition coefficient (Wildman–Crippen LogP) is 1.84. The van der Waals surface area contributed by atoms with Gasteiger partial charge in [0.05, 0.1) is 0 Å². The number of amides is 1. The van der Waals surface area contributed by atoms with E-state index >= 15 is 0 Å². The van der Waals surface area contributed by atoms with Crippen molar-refractivity contribution in [1.82, 2.24) is 10.6 Å². The molecular formula is C16H28N2O2. The Balaban J connectivity index is 1.31. The summed E-state index contributed by atoms with van der Waals surface area (Å²) in [4.78, 5) is 12.0. The normalized spacial score (nSPS) is 34.1. The van der Waals surface area contributed by atoms with Crippen LogP contribution in [0.25, 0.3) is 0 Å². The zero-order valence-corrected chi connectivity index (χ0v) is 12.4. The molecule has 0 aromatic heterocycles. The maximum absolute atomic E-state index is 12.0. The van der Waals surface area contributed by atoms with Crippen LogP contribution in [0.15, 0.2) is 0 Å². The van der Waals surface area contributed by atoms with Gasteiger partial charge in [-0.3, -0.25) is 4.79 Å². The Hall–Kier alpha value is -0.610. The van der Waals surface area contributed by atoms with Crippen LogP contribution in [0.5, 0.6) is 0 Å². The summed E-state index contributed by atoms with van der Waals surface area (Å²) in [6.07, 6.45) is 9.20. The second kappa shape index (κ2) is 6.90. The first-order valence-corrected chi connectivity index (χ1v) is 8.40. The monoisotopic (exact) mass is 280 g/mol. The Morgan fingerprint density at radius 2 is 1.75 bits per heavy atom. The van der Waals surface area contributed by atoms with Gasteiger partial charge in [0.15, 0.2) is 0 Å². The summed E-state index contributed by atoms with van der Waals surface area (Å²) in [6, 6.07) is 1.38. The van der Waals surface area contributed by atoms with E-state index in [0.29, 0.717) is 18.0 Å². The number of rotatable bonds is 5. The van der Waals surface area contributed by atoms with E-state index in [0.717, 1.165) is 51.4 Å². The SMILES string of the molecule is O=C(CC1CC2CCC(C1)N2)NCCC1CCOCC1. The van der Waals surface area contributed by atoms with Crippen molar-refractivity contribution in [3.05, 3.63) is 0 Å². The van der Waals surface area contributed by atoms with E-state index in [2.05, 4.69) is 10.6 Å². The topological polar surface area (TPSA) is 50.4 Å². The first-order chi connectivity index (χ1) is 9.79. The first-order valence-electron chi connectivity index (χ1n) is 8.40. The van der Waals surface area contributed by atoms with Crippen molar-refractivity contribution < 1.29 is 9.53 Å². The van der Waals surface area contributed by atoms with Gasteiger partial charge in [0.1, 0.15) is 0 Å².